The lowest BCUT2D eigenvalue weighted by atomic mass is 9.82. The highest BCUT2D eigenvalue weighted by Crippen LogP contribution is 2.35. The standard InChI is InChI=1S/C25H31NO4/c1-15-13-21(16(2)30-15)23(27)26-20-12-9-18(14-20)22(24(28)29-6)17-7-10-19(11-8-17)25(3,4)5/h7-13,18,20,22H,14H2,1-6H3,(H,26,27)/t18-,20+,22+/m0/s1. The summed E-state index contributed by atoms with van der Waals surface area (Å²) in [6.07, 6.45) is 4.62. The SMILES string of the molecule is COC(=O)[C@H](c1ccc(C(C)(C)C)cc1)[C@H]1C=C[C@@H](NC(=O)c2cc(C)oc2C)C1. The fraction of sp³-hybridized carbons (Fsp3) is 0.440. The van der Waals surface area contributed by atoms with Gasteiger partial charge in [-0.1, -0.05) is 57.2 Å². The van der Waals surface area contributed by atoms with Crippen molar-refractivity contribution in [3.8, 4) is 0 Å². The number of hydrogen-bond donors (Lipinski definition) is 1. The van der Waals surface area contributed by atoms with Crippen LogP contribution in [-0.2, 0) is 14.9 Å². The van der Waals surface area contributed by atoms with Gasteiger partial charge in [-0.15, -0.1) is 0 Å². The zero-order valence-corrected chi connectivity index (χ0v) is 18.6. The van der Waals surface area contributed by atoms with Crippen LogP contribution in [0.25, 0.3) is 0 Å². The van der Waals surface area contributed by atoms with E-state index in [0.717, 1.165) is 5.56 Å². The summed E-state index contributed by atoms with van der Waals surface area (Å²) in [5, 5.41) is 3.03. The lowest BCUT2D eigenvalue weighted by Crippen LogP contribution is -2.34. The van der Waals surface area contributed by atoms with Crippen molar-refractivity contribution in [1.82, 2.24) is 5.32 Å². The van der Waals surface area contributed by atoms with E-state index in [1.165, 1.54) is 12.7 Å². The molecule has 2 aromatic rings. The molecule has 1 aliphatic carbocycles. The van der Waals surface area contributed by atoms with Gasteiger partial charge in [0.1, 0.15) is 11.5 Å². The van der Waals surface area contributed by atoms with E-state index in [9.17, 15) is 9.59 Å². The van der Waals surface area contributed by atoms with E-state index in [1.54, 1.807) is 13.0 Å². The Morgan fingerprint density at radius 1 is 1.13 bits per heavy atom. The first-order chi connectivity index (χ1) is 14.1. The molecule has 0 fully saturated rings. The summed E-state index contributed by atoms with van der Waals surface area (Å²) in [6.45, 7) is 10.1. The Bertz CT molecular complexity index is 947. The average Bonchev–Trinajstić information content (AvgIpc) is 3.27. The number of benzene rings is 1. The molecule has 1 amide bonds. The van der Waals surface area contributed by atoms with Crippen LogP contribution in [0.5, 0.6) is 0 Å². The molecule has 1 heterocycles. The van der Waals surface area contributed by atoms with Crippen molar-refractivity contribution in [3.63, 3.8) is 0 Å². The summed E-state index contributed by atoms with van der Waals surface area (Å²) in [7, 11) is 1.42. The molecule has 1 aromatic heterocycles. The molecule has 0 spiro atoms. The van der Waals surface area contributed by atoms with Crippen molar-refractivity contribution in [2.24, 2.45) is 5.92 Å². The number of carbonyl (C=O) groups excluding carboxylic acids is 2. The van der Waals surface area contributed by atoms with Crippen LogP contribution in [0.3, 0.4) is 0 Å². The minimum Gasteiger partial charge on any atom is -0.469 e. The van der Waals surface area contributed by atoms with Crippen molar-refractivity contribution >= 4 is 11.9 Å². The van der Waals surface area contributed by atoms with Crippen LogP contribution in [0.4, 0.5) is 0 Å². The number of amides is 1. The minimum absolute atomic E-state index is 0.0459. The van der Waals surface area contributed by atoms with Crippen molar-refractivity contribution in [3.05, 3.63) is 70.7 Å². The minimum atomic E-state index is -0.403. The van der Waals surface area contributed by atoms with Gasteiger partial charge in [0.15, 0.2) is 0 Å². The Labute approximate surface area is 178 Å². The largest absolute Gasteiger partial charge is 0.469 e. The van der Waals surface area contributed by atoms with Crippen LogP contribution in [-0.4, -0.2) is 25.0 Å². The molecule has 30 heavy (non-hydrogen) atoms. The molecule has 0 saturated heterocycles. The first-order valence-electron chi connectivity index (χ1n) is 10.3. The number of ether oxygens (including phenoxy) is 1. The third-order valence-corrected chi connectivity index (χ3v) is 5.74. The van der Waals surface area contributed by atoms with Crippen molar-refractivity contribution in [2.45, 2.75) is 58.4 Å². The highest BCUT2D eigenvalue weighted by atomic mass is 16.5. The first kappa shape index (κ1) is 21.9. The monoisotopic (exact) mass is 409 g/mol. The summed E-state index contributed by atoms with van der Waals surface area (Å²) in [6, 6.07) is 9.78. The molecule has 0 saturated carbocycles. The maximum absolute atomic E-state index is 12.6. The summed E-state index contributed by atoms with van der Waals surface area (Å²) in [5.74, 6) is 0.442. The molecule has 0 aliphatic heterocycles. The van der Waals surface area contributed by atoms with Crippen LogP contribution in [0.2, 0.25) is 0 Å². The summed E-state index contributed by atoms with van der Waals surface area (Å²) < 4.78 is 10.6. The van der Waals surface area contributed by atoms with Gasteiger partial charge in [0.2, 0.25) is 0 Å². The van der Waals surface area contributed by atoms with Gasteiger partial charge in [-0.3, -0.25) is 9.59 Å². The van der Waals surface area contributed by atoms with E-state index < -0.39 is 5.92 Å². The van der Waals surface area contributed by atoms with Gasteiger partial charge >= 0.3 is 5.97 Å². The normalized spacial score (nSPS) is 19.5. The van der Waals surface area contributed by atoms with Gasteiger partial charge in [-0.2, -0.15) is 0 Å². The Balaban J connectivity index is 1.74. The third-order valence-electron chi connectivity index (χ3n) is 5.74. The number of esters is 1. The molecule has 5 nitrogen and oxygen atoms in total. The number of carbonyl (C=O) groups is 2. The molecule has 0 bridgehead atoms. The molecular formula is C25H31NO4. The van der Waals surface area contributed by atoms with Crippen LogP contribution < -0.4 is 5.32 Å². The van der Waals surface area contributed by atoms with Gasteiger partial charge in [0.05, 0.1) is 18.6 Å². The second-order valence-electron chi connectivity index (χ2n) is 9.06. The quantitative estimate of drug-likeness (QED) is 0.568. The Morgan fingerprint density at radius 3 is 2.33 bits per heavy atom. The second kappa shape index (κ2) is 8.50. The molecule has 0 radical (unpaired) electrons. The highest BCUT2D eigenvalue weighted by molar-refractivity contribution is 5.95. The average molecular weight is 410 g/mol. The van der Waals surface area contributed by atoms with E-state index in [1.807, 2.05) is 31.2 Å². The second-order valence-corrected chi connectivity index (χ2v) is 9.06. The number of aryl methyl sites for hydroxylation is 2. The van der Waals surface area contributed by atoms with E-state index in [4.69, 9.17) is 9.15 Å². The topological polar surface area (TPSA) is 68.5 Å². The summed E-state index contributed by atoms with van der Waals surface area (Å²) >= 11 is 0. The molecule has 160 valence electrons. The van der Waals surface area contributed by atoms with Gasteiger partial charge in [0, 0.05) is 6.04 Å². The molecule has 0 unspecified atom stereocenters. The van der Waals surface area contributed by atoms with Crippen LogP contribution in [0.1, 0.15) is 66.1 Å². The maximum Gasteiger partial charge on any atom is 0.313 e. The number of allylic oxidation sites excluding steroid dienone is 1. The zero-order valence-electron chi connectivity index (χ0n) is 18.6. The van der Waals surface area contributed by atoms with Crippen LogP contribution in [0.15, 0.2) is 46.9 Å². The maximum atomic E-state index is 12.6. The zero-order chi connectivity index (χ0) is 22.1. The smallest absolute Gasteiger partial charge is 0.313 e. The van der Waals surface area contributed by atoms with E-state index >= 15 is 0 Å². The lowest BCUT2D eigenvalue weighted by molar-refractivity contribution is -0.143. The van der Waals surface area contributed by atoms with Crippen molar-refractivity contribution in [2.75, 3.05) is 7.11 Å². The highest BCUT2D eigenvalue weighted by Gasteiger charge is 2.34. The first-order valence-corrected chi connectivity index (χ1v) is 10.3. The van der Waals surface area contributed by atoms with E-state index in [2.05, 4.69) is 38.2 Å². The molecule has 1 N–H and O–H groups in total. The molecule has 1 aromatic carbocycles. The fourth-order valence-corrected chi connectivity index (χ4v) is 4.06. The predicted octanol–water partition coefficient (Wildman–Crippen LogP) is 4.83. The van der Waals surface area contributed by atoms with E-state index in [0.29, 0.717) is 23.5 Å². The fourth-order valence-electron chi connectivity index (χ4n) is 4.06. The Morgan fingerprint density at radius 2 is 1.80 bits per heavy atom. The number of rotatable bonds is 5. The van der Waals surface area contributed by atoms with Crippen molar-refractivity contribution < 1.29 is 18.7 Å². The van der Waals surface area contributed by atoms with E-state index in [-0.39, 0.29) is 29.3 Å². The number of hydrogen-bond acceptors (Lipinski definition) is 4. The van der Waals surface area contributed by atoms with Crippen LogP contribution >= 0.6 is 0 Å². The van der Waals surface area contributed by atoms with Gasteiger partial charge in [0.25, 0.3) is 5.91 Å². The number of methoxy groups -OCH3 is 1. The predicted molar refractivity (Wildman–Crippen MR) is 117 cm³/mol. The van der Waals surface area contributed by atoms with Crippen LogP contribution in [0, 0.1) is 19.8 Å². The summed E-state index contributed by atoms with van der Waals surface area (Å²) in [4.78, 5) is 25.2. The molecular weight excluding hydrogens is 378 g/mol. The Kier molecular flexibility index (Phi) is 6.20. The van der Waals surface area contributed by atoms with Gasteiger partial charge in [-0.05, 0) is 48.8 Å². The molecule has 1 aliphatic rings. The third kappa shape index (κ3) is 4.66. The Hall–Kier alpha value is -2.82. The number of furan rings is 1. The van der Waals surface area contributed by atoms with Gasteiger partial charge < -0.3 is 14.5 Å². The lowest BCUT2D eigenvalue weighted by Gasteiger charge is -2.24. The number of nitrogens with one attached hydrogen (secondary N) is 1. The molecule has 5 heteroatoms. The molecule has 3 atom stereocenters. The van der Waals surface area contributed by atoms with Crippen molar-refractivity contribution in [1.29, 1.82) is 0 Å². The van der Waals surface area contributed by atoms with Gasteiger partial charge in [-0.25, -0.2) is 0 Å². The summed E-state index contributed by atoms with van der Waals surface area (Å²) in [5.41, 5.74) is 2.74. The molecule has 3 rings (SSSR count).